The monoisotopic (exact) mass is 251 g/mol. The summed E-state index contributed by atoms with van der Waals surface area (Å²) in [5.74, 6) is 1.22. The third kappa shape index (κ3) is 2.52. The molecule has 17 heavy (non-hydrogen) atoms. The second-order valence-electron chi connectivity index (χ2n) is 4.27. The van der Waals surface area contributed by atoms with Crippen molar-refractivity contribution in [3.8, 4) is 0 Å². The summed E-state index contributed by atoms with van der Waals surface area (Å²) in [5.41, 5.74) is 1.63. The van der Waals surface area contributed by atoms with Gasteiger partial charge in [-0.25, -0.2) is 9.97 Å². The van der Waals surface area contributed by atoms with Crippen LogP contribution in [0.3, 0.4) is 0 Å². The number of nitrogens with zero attached hydrogens (tertiary/aromatic N) is 3. The lowest BCUT2D eigenvalue weighted by Crippen LogP contribution is -2.07. The van der Waals surface area contributed by atoms with Gasteiger partial charge in [0, 0.05) is 12.3 Å². The van der Waals surface area contributed by atoms with Gasteiger partial charge in [-0.1, -0.05) is 20.8 Å². The van der Waals surface area contributed by atoms with Gasteiger partial charge < -0.3 is 10.3 Å². The lowest BCUT2D eigenvalue weighted by molar-refractivity contribution is 0.641. The summed E-state index contributed by atoms with van der Waals surface area (Å²) in [6.07, 6.45) is 1.66. The molecular formula is C11H17N5S. The number of aromatic nitrogens is 4. The molecule has 6 heteroatoms. The van der Waals surface area contributed by atoms with Crippen LogP contribution in [0.2, 0.25) is 0 Å². The molecule has 2 N–H and O–H groups in total. The summed E-state index contributed by atoms with van der Waals surface area (Å²) < 4.78 is 0. The van der Waals surface area contributed by atoms with Crippen molar-refractivity contribution < 1.29 is 0 Å². The van der Waals surface area contributed by atoms with Gasteiger partial charge in [-0.05, 0) is 5.92 Å². The van der Waals surface area contributed by atoms with Crippen LogP contribution in [-0.4, -0.2) is 32.2 Å². The number of hydrogen-bond acceptors (Lipinski definition) is 5. The minimum Gasteiger partial charge on any atom is -0.357 e. The molecule has 0 fully saturated rings. The number of H-pyrrole nitrogens is 1. The van der Waals surface area contributed by atoms with Crippen molar-refractivity contribution in [3.63, 3.8) is 0 Å². The van der Waals surface area contributed by atoms with E-state index in [0.29, 0.717) is 22.8 Å². The highest BCUT2D eigenvalue weighted by Crippen LogP contribution is 2.30. The van der Waals surface area contributed by atoms with Crippen LogP contribution in [0, 0.1) is 5.92 Å². The van der Waals surface area contributed by atoms with E-state index in [0.717, 1.165) is 10.5 Å². The van der Waals surface area contributed by atoms with E-state index in [4.69, 9.17) is 0 Å². The normalized spacial score (nSPS) is 13.2. The minimum atomic E-state index is 0.501. The van der Waals surface area contributed by atoms with Gasteiger partial charge >= 0.3 is 0 Å². The van der Waals surface area contributed by atoms with Crippen LogP contribution in [0.1, 0.15) is 20.8 Å². The molecular weight excluding hydrogens is 234 g/mol. The second-order valence-corrected chi connectivity index (χ2v) is 5.64. The predicted octanol–water partition coefficient (Wildman–Crippen LogP) is 2.53. The lowest BCUT2D eigenvalue weighted by Gasteiger charge is -2.14. The maximum atomic E-state index is 4.48. The van der Waals surface area contributed by atoms with Crippen molar-refractivity contribution in [1.29, 1.82) is 0 Å². The van der Waals surface area contributed by atoms with E-state index in [2.05, 4.69) is 46.0 Å². The molecule has 2 aromatic rings. The van der Waals surface area contributed by atoms with Crippen LogP contribution in [0.4, 0.5) is 5.95 Å². The molecule has 0 saturated carbocycles. The van der Waals surface area contributed by atoms with Crippen LogP contribution in [0.15, 0.2) is 11.4 Å². The van der Waals surface area contributed by atoms with E-state index in [9.17, 15) is 0 Å². The maximum absolute atomic E-state index is 4.48. The van der Waals surface area contributed by atoms with Crippen molar-refractivity contribution in [2.75, 3.05) is 12.4 Å². The smallest absolute Gasteiger partial charge is 0.225 e. The predicted molar refractivity (Wildman–Crippen MR) is 71.4 cm³/mol. The van der Waals surface area contributed by atoms with Crippen LogP contribution in [-0.2, 0) is 0 Å². The second kappa shape index (κ2) is 4.91. The molecule has 0 amide bonds. The fourth-order valence-corrected chi connectivity index (χ4v) is 2.35. The average molecular weight is 251 g/mol. The van der Waals surface area contributed by atoms with Crippen molar-refractivity contribution in [2.24, 2.45) is 5.92 Å². The Morgan fingerprint density at radius 3 is 2.71 bits per heavy atom. The van der Waals surface area contributed by atoms with Crippen LogP contribution < -0.4 is 5.32 Å². The van der Waals surface area contributed by atoms with Crippen molar-refractivity contribution in [1.82, 2.24) is 19.9 Å². The SMILES string of the molecule is CNc1nc(SC(C)C(C)C)c2[nH]cnc2n1. The standard InChI is InChI=1S/C11H17N5S/c1-6(2)7(3)17-10-8-9(14-5-13-8)15-11(12-4)16-10/h5-7H,1-4H3,(H2,12,13,14,15,16). The van der Waals surface area contributed by atoms with E-state index < -0.39 is 0 Å². The molecule has 2 aromatic heterocycles. The molecule has 92 valence electrons. The molecule has 1 atom stereocenters. The molecule has 0 bridgehead atoms. The third-order valence-corrected chi connectivity index (χ3v) is 4.15. The van der Waals surface area contributed by atoms with Gasteiger partial charge in [0.2, 0.25) is 5.95 Å². The van der Waals surface area contributed by atoms with Crippen LogP contribution >= 0.6 is 11.8 Å². The molecule has 0 spiro atoms. The van der Waals surface area contributed by atoms with Gasteiger partial charge in [0.25, 0.3) is 0 Å². The first-order valence-electron chi connectivity index (χ1n) is 5.67. The van der Waals surface area contributed by atoms with E-state index >= 15 is 0 Å². The third-order valence-electron chi connectivity index (χ3n) is 2.71. The Labute approximate surface area is 105 Å². The van der Waals surface area contributed by atoms with E-state index in [1.165, 1.54) is 0 Å². The Kier molecular flexibility index (Phi) is 3.51. The Hall–Kier alpha value is -1.30. The molecule has 1 unspecified atom stereocenters. The Morgan fingerprint density at radius 1 is 1.29 bits per heavy atom. The van der Waals surface area contributed by atoms with E-state index in [1.54, 1.807) is 18.1 Å². The van der Waals surface area contributed by atoms with Gasteiger partial charge in [0.05, 0.1) is 6.33 Å². The molecule has 0 aromatic carbocycles. The topological polar surface area (TPSA) is 66.5 Å². The summed E-state index contributed by atoms with van der Waals surface area (Å²) in [5, 5.41) is 4.42. The first-order valence-corrected chi connectivity index (χ1v) is 6.55. The summed E-state index contributed by atoms with van der Waals surface area (Å²) in [4.78, 5) is 16.1. The molecule has 5 nitrogen and oxygen atoms in total. The maximum Gasteiger partial charge on any atom is 0.225 e. The fraction of sp³-hybridized carbons (Fsp3) is 0.545. The Morgan fingerprint density at radius 2 is 2.06 bits per heavy atom. The summed E-state index contributed by atoms with van der Waals surface area (Å²) in [6.45, 7) is 6.63. The van der Waals surface area contributed by atoms with Gasteiger partial charge in [-0.15, -0.1) is 11.8 Å². The number of anilines is 1. The quantitative estimate of drug-likeness (QED) is 0.645. The lowest BCUT2D eigenvalue weighted by atomic mass is 10.2. The van der Waals surface area contributed by atoms with Crippen LogP contribution in [0.5, 0.6) is 0 Å². The molecule has 0 aliphatic rings. The number of thioether (sulfide) groups is 1. The zero-order valence-electron chi connectivity index (χ0n) is 10.5. The molecule has 0 radical (unpaired) electrons. The first kappa shape index (κ1) is 12.2. The van der Waals surface area contributed by atoms with Crippen molar-refractivity contribution in [2.45, 2.75) is 31.0 Å². The first-order chi connectivity index (χ1) is 8.11. The van der Waals surface area contributed by atoms with E-state index in [1.807, 2.05) is 7.05 Å². The number of hydrogen-bond donors (Lipinski definition) is 2. The Bertz CT molecular complexity index is 508. The highest BCUT2D eigenvalue weighted by molar-refractivity contribution is 8.00. The fourth-order valence-electron chi connectivity index (χ4n) is 1.32. The molecule has 0 aliphatic carbocycles. The van der Waals surface area contributed by atoms with E-state index in [-0.39, 0.29) is 0 Å². The molecule has 2 rings (SSSR count). The Balaban J connectivity index is 2.40. The number of nitrogens with one attached hydrogen (secondary N) is 2. The van der Waals surface area contributed by atoms with Gasteiger partial charge in [0.1, 0.15) is 10.5 Å². The van der Waals surface area contributed by atoms with Crippen LogP contribution in [0.25, 0.3) is 11.2 Å². The van der Waals surface area contributed by atoms with Gasteiger partial charge in [-0.2, -0.15) is 4.98 Å². The van der Waals surface area contributed by atoms with Crippen molar-refractivity contribution in [3.05, 3.63) is 6.33 Å². The molecule has 0 aliphatic heterocycles. The number of rotatable bonds is 4. The largest absolute Gasteiger partial charge is 0.357 e. The molecule has 0 saturated heterocycles. The zero-order valence-corrected chi connectivity index (χ0v) is 11.3. The minimum absolute atomic E-state index is 0.501. The zero-order chi connectivity index (χ0) is 12.4. The summed E-state index contributed by atoms with van der Waals surface area (Å²) in [6, 6.07) is 0. The highest BCUT2D eigenvalue weighted by Gasteiger charge is 2.15. The van der Waals surface area contributed by atoms with Gasteiger partial charge in [0.15, 0.2) is 5.65 Å². The number of aromatic amines is 1. The summed E-state index contributed by atoms with van der Waals surface area (Å²) in [7, 11) is 1.81. The molecule has 2 heterocycles. The highest BCUT2D eigenvalue weighted by atomic mass is 32.2. The summed E-state index contributed by atoms with van der Waals surface area (Å²) >= 11 is 1.75. The van der Waals surface area contributed by atoms with Gasteiger partial charge in [-0.3, -0.25) is 0 Å². The number of imidazole rings is 1. The average Bonchev–Trinajstić information content (AvgIpc) is 2.76. The van der Waals surface area contributed by atoms with Crippen molar-refractivity contribution >= 4 is 28.9 Å². The number of fused-ring (bicyclic) bond motifs is 1.